The summed E-state index contributed by atoms with van der Waals surface area (Å²) in [7, 11) is -28.7. The Kier molecular flexibility index (Phi) is 8.73. The number of hydrogen-bond acceptors (Lipinski definition) is 16. The van der Waals surface area contributed by atoms with Gasteiger partial charge in [0.25, 0.3) is 0 Å². The third-order valence-corrected chi connectivity index (χ3v) is 5.26. The van der Waals surface area contributed by atoms with E-state index in [4.69, 9.17) is 22.8 Å². The summed E-state index contributed by atoms with van der Waals surface area (Å²) in [4.78, 5) is 0. The largest absolute Gasteiger partial charge is 0.400 e. The van der Waals surface area contributed by atoms with Gasteiger partial charge >= 0.3 is 52.0 Å². The Morgan fingerprint density at radius 2 is 1.16 bits per heavy atom. The highest BCUT2D eigenvalue weighted by atomic mass is 32.3. The summed E-state index contributed by atoms with van der Waals surface area (Å²) < 4.78 is 179. The molecular formula is C6H12O21S5. The fraction of sp³-hybridized carbons (Fsp3) is 1.00. The third-order valence-electron chi connectivity index (χ3n) is 2.95. The Balaban J connectivity index is 3.77. The van der Waals surface area contributed by atoms with E-state index in [2.05, 4.69) is 25.7 Å². The zero-order valence-electron chi connectivity index (χ0n) is 14.5. The molecule has 0 aromatic rings. The van der Waals surface area contributed by atoms with E-state index in [1.54, 1.807) is 0 Å². The summed E-state index contributed by atoms with van der Waals surface area (Å²) in [5.74, 6) is -3.73. The SMILES string of the molecule is O=S(=O)(O)OC[C@@]1(OS(=O)(=O)O)OC[C@@H](OS(=O)(=O)O)[C@@H](OS(=O)(=O)O)[C@@H]1OS(=O)(=O)O. The molecule has 0 spiro atoms. The summed E-state index contributed by atoms with van der Waals surface area (Å²) in [5.41, 5.74) is 0. The van der Waals surface area contributed by atoms with Crippen molar-refractivity contribution in [3.8, 4) is 0 Å². The molecule has 0 aliphatic carbocycles. The second kappa shape index (κ2) is 9.52. The third kappa shape index (κ3) is 10.5. The Labute approximate surface area is 179 Å². The highest BCUT2D eigenvalue weighted by Crippen LogP contribution is 2.36. The fourth-order valence-corrected chi connectivity index (χ4v) is 4.51. The lowest BCUT2D eigenvalue weighted by molar-refractivity contribution is -0.303. The molecular weight excluding hydrogens is 568 g/mol. The lowest BCUT2D eigenvalue weighted by atomic mass is 9.97. The van der Waals surface area contributed by atoms with E-state index in [0.29, 0.717) is 0 Å². The van der Waals surface area contributed by atoms with Crippen LogP contribution in [0.15, 0.2) is 0 Å². The Bertz CT molecular complexity index is 1210. The number of hydrogen-bond donors (Lipinski definition) is 5. The van der Waals surface area contributed by atoms with Crippen LogP contribution in [0.2, 0.25) is 0 Å². The van der Waals surface area contributed by atoms with E-state index in [1.165, 1.54) is 0 Å². The van der Waals surface area contributed by atoms with Crippen molar-refractivity contribution in [2.45, 2.75) is 24.1 Å². The van der Waals surface area contributed by atoms with Crippen LogP contribution in [0.3, 0.4) is 0 Å². The van der Waals surface area contributed by atoms with Crippen molar-refractivity contribution in [2.75, 3.05) is 13.2 Å². The lowest BCUT2D eigenvalue weighted by Gasteiger charge is -2.45. The van der Waals surface area contributed by atoms with E-state index < -0.39 is 89.3 Å². The average Bonchev–Trinajstić information content (AvgIpc) is 2.46. The van der Waals surface area contributed by atoms with Gasteiger partial charge in [0.1, 0.15) is 18.8 Å². The highest BCUT2D eigenvalue weighted by molar-refractivity contribution is 7.82. The van der Waals surface area contributed by atoms with E-state index in [1.807, 2.05) is 0 Å². The molecule has 0 saturated carbocycles. The van der Waals surface area contributed by atoms with Gasteiger partial charge in [0, 0.05) is 0 Å². The molecule has 1 saturated heterocycles. The van der Waals surface area contributed by atoms with Crippen molar-refractivity contribution in [1.82, 2.24) is 0 Å². The van der Waals surface area contributed by atoms with Gasteiger partial charge < -0.3 is 4.74 Å². The summed E-state index contributed by atoms with van der Waals surface area (Å²) >= 11 is 0. The molecule has 0 radical (unpaired) electrons. The lowest BCUT2D eigenvalue weighted by Crippen LogP contribution is -2.67. The highest BCUT2D eigenvalue weighted by Gasteiger charge is 2.60. The quantitative estimate of drug-likeness (QED) is 0.145. The molecule has 21 nitrogen and oxygen atoms in total. The Hall–Kier alpha value is -0.690. The predicted octanol–water partition coefficient (Wildman–Crippen LogP) is -4.08. The van der Waals surface area contributed by atoms with Crippen LogP contribution in [0.25, 0.3) is 0 Å². The van der Waals surface area contributed by atoms with Gasteiger partial charge in [-0.25, -0.2) is 20.9 Å². The van der Waals surface area contributed by atoms with Crippen molar-refractivity contribution in [3.05, 3.63) is 0 Å². The summed E-state index contributed by atoms with van der Waals surface area (Å²) in [6, 6.07) is 0. The molecule has 1 fully saturated rings. The minimum Gasteiger partial charge on any atom is -0.342 e. The van der Waals surface area contributed by atoms with Crippen LogP contribution in [0.1, 0.15) is 0 Å². The van der Waals surface area contributed by atoms with Crippen molar-refractivity contribution >= 4 is 52.0 Å². The molecule has 1 aliphatic heterocycles. The van der Waals surface area contributed by atoms with Crippen LogP contribution >= 0.6 is 0 Å². The molecule has 0 bridgehead atoms. The molecule has 1 aliphatic rings. The zero-order valence-corrected chi connectivity index (χ0v) is 18.5. The van der Waals surface area contributed by atoms with Crippen molar-refractivity contribution in [2.24, 2.45) is 0 Å². The molecule has 0 aromatic heterocycles. The molecule has 1 heterocycles. The Morgan fingerprint density at radius 1 is 0.688 bits per heavy atom. The van der Waals surface area contributed by atoms with Crippen molar-refractivity contribution in [3.63, 3.8) is 0 Å². The smallest absolute Gasteiger partial charge is 0.342 e. The van der Waals surface area contributed by atoms with Crippen molar-refractivity contribution in [1.29, 1.82) is 0 Å². The number of rotatable bonds is 11. The average molecular weight is 580 g/mol. The molecule has 0 unspecified atom stereocenters. The molecule has 5 N–H and O–H groups in total. The van der Waals surface area contributed by atoms with Crippen LogP contribution in [0.5, 0.6) is 0 Å². The molecule has 32 heavy (non-hydrogen) atoms. The number of ether oxygens (including phenoxy) is 1. The molecule has 192 valence electrons. The monoisotopic (exact) mass is 580 g/mol. The van der Waals surface area contributed by atoms with E-state index in [0.717, 1.165) is 0 Å². The van der Waals surface area contributed by atoms with Crippen LogP contribution < -0.4 is 0 Å². The Morgan fingerprint density at radius 3 is 1.53 bits per heavy atom. The van der Waals surface area contributed by atoms with Crippen molar-refractivity contribution < 1.29 is 90.5 Å². The van der Waals surface area contributed by atoms with Gasteiger partial charge in [-0.3, -0.25) is 22.8 Å². The first-order valence-electron chi connectivity index (χ1n) is 6.82. The maximum Gasteiger partial charge on any atom is 0.400 e. The fourth-order valence-electron chi connectivity index (χ4n) is 2.15. The zero-order chi connectivity index (χ0) is 25.4. The normalized spacial score (nSPS) is 28.5. The molecule has 0 aromatic carbocycles. The topological polar surface area (TPSA) is 327 Å². The molecule has 4 atom stereocenters. The van der Waals surface area contributed by atoms with Gasteiger partial charge in [0.15, 0.2) is 6.10 Å². The first-order valence-corrected chi connectivity index (χ1v) is 13.6. The first-order chi connectivity index (χ1) is 13.9. The van der Waals surface area contributed by atoms with Gasteiger partial charge in [-0.05, 0) is 0 Å². The maximum atomic E-state index is 11.2. The van der Waals surface area contributed by atoms with Crippen LogP contribution in [-0.2, 0) is 77.6 Å². The predicted molar refractivity (Wildman–Crippen MR) is 88.1 cm³/mol. The maximum absolute atomic E-state index is 11.2. The van der Waals surface area contributed by atoms with Crippen LogP contribution in [-0.4, -0.2) is 102 Å². The minimum atomic E-state index is -5.89. The minimum absolute atomic E-state index is 1.53. The second-order valence-electron chi connectivity index (χ2n) is 5.32. The van der Waals surface area contributed by atoms with E-state index >= 15 is 0 Å². The summed E-state index contributed by atoms with van der Waals surface area (Å²) in [6.07, 6.45) is -8.81. The van der Waals surface area contributed by atoms with E-state index in [9.17, 15) is 42.1 Å². The van der Waals surface area contributed by atoms with Gasteiger partial charge in [0.2, 0.25) is 5.79 Å². The van der Waals surface area contributed by atoms with Gasteiger partial charge in [0.05, 0.1) is 6.61 Å². The molecule has 26 heteroatoms. The summed E-state index contributed by atoms with van der Waals surface area (Å²) in [6.45, 7) is -3.56. The summed E-state index contributed by atoms with van der Waals surface area (Å²) in [5, 5.41) is 0. The second-order valence-corrected chi connectivity index (χ2v) is 10.6. The van der Waals surface area contributed by atoms with E-state index in [-0.39, 0.29) is 0 Å². The molecule has 1 rings (SSSR count). The van der Waals surface area contributed by atoms with Crippen LogP contribution in [0.4, 0.5) is 0 Å². The first kappa shape index (κ1) is 29.3. The van der Waals surface area contributed by atoms with Crippen LogP contribution in [0, 0.1) is 0 Å². The van der Waals surface area contributed by atoms with Gasteiger partial charge in [-0.2, -0.15) is 42.1 Å². The standard InChI is InChI=1S/C6H12O21S5/c7-28(8,9)23-2-6(27-32(19,20)21)5(26-31(16,17)18)4(25-30(13,14)15)3(1-22-6)24-29(10,11)12/h3-5H,1-2H2,(H,7,8,9)(H,10,11,12)(H,13,14,15)(H,16,17,18)(H,19,20,21)/t3-,4-,5+,6+/m1/s1. The van der Waals surface area contributed by atoms with Gasteiger partial charge in [-0.15, -0.1) is 0 Å². The molecule has 0 amide bonds. The van der Waals surface area contributed by atoms with Gasteiger partial charge in [-0.1, -0.05) is 0 Å².